The molecule has 0 saturated heterocycles. The van der Waals surface area contributed by atoms with E-state index in [0.717, 1.165) is 19.5 Å². The summed E-state index contributed by atoms with van der Waals surface area (Å²) >= 11 is 0. The second-order valence-electron chi connectivity index (χ2n) is 8.05. The van der Waals surface area contributed by atoms with E-state index in [0.29, 0.717) is 30.6 Å². The first-order valence-electron chi connectivity index (χ1n) is 10.8. The number of amides is 1. The molecule has 2 heterocycles. The maximum absolute atomic E-state index is 12.4. The van der Waals surface area contributed by atoms with Crippen molar-refractivity contribution in [3.05, 3.63) is 65.0 Å². The van der Waals surface area contributed by atoms with Gasteiger partial charge in [0, 0.05) is 43.6 Å². The fraction of sp³-hybridized carbons (Fsp3) is 0.478. The minimum Gasteiger partial charge on any atom is -0.390 e. The number of rotatable bonds is 10. The third-order valence-electron chi connectivity index (χ3n) is 5.37. The van der Waals surface area contributed by atoms with E-state index in [4.69, 9.17) is 0 Å². The number of carbonyl (C=O) groups is 1. The number of aliphatic hydroxyl groups excluding tert-OH is 1. The molecule has 32 heavy (non-hydrogen) atoms. The molecule has 1 aliphatic heterocycles. The molecule has 1 aromatic heterocycles. The summed E-state index contributed by atoms with van der Waals surface area (Å²) in [6.07, 6.45) is -1.52. The van der Waals surface area contributed by atoms with Crippen molar-refractivity contribution in [2.24, 2.45) is 0 Å². The third kappa shape index (κ3) is 7.89. The van der Waals surface area contributed by atoms with Gasteiger partial charge in [-0.3, -0.25) is 14.7 Å². The Morgan fingerprint density at radius 1 is 1.22 bits per heavy atom. The van der Waals surface area contributed by atoms with E-state index in [9.17, 15) is 23.1 Å². The van der Waals surface area contributed by atoms with Crippen molar-refractivity contribution in [2.75, 3.05) is 32.7 Å². The number of aliphatic hydroxyl groups is 1. The standard InChI is InChI=1S/C23H29F3N4O2/c24-23(25,26)16-27-9-3-6-20-12-18(7-10-28-20)22(32)29-13-21(31)15-30-11-8-17-4-1-2-5-19(17)14-30/h1-2,4-5,7,10,12,21,27,31H,3,6,8-9,11,13-16H2,(H,29,32)/t21-/m0/s1. The molecule has 3 rings (SSSR count). The Morgan fingerprint density at radius 2 is 2.00 bits per heavy atom. The number of alkyl halides is 3. The lowest BCUT2D eigenvalue weighted by Gasteiger charge is -2.30. The molecule has 0 fully saturated rings. The van der Waals surface area contributed by atoms with Crippen LogP contribution in [0.1, 0.15) is 33.6 Å². The lowest BCUT2D eigenvalue weighted by atomic mass is 10.00. The molecule has 0 spiro atoms. The Hall–Kier alpha value is -2.49. The highest BCUT2D eigenvalue weighted by atomic mass is 19.4. The lowest BCUT2D eigenvalue weighted by molar-refractivity contribution is -0.124. The summed E-state index contributed by atoms with van der Waals surface area (Å²) in [4.78, 5) is 18.8. The zero-order valence-electron chi connectivity index (χ0n) is 17.9. The van der Waals surface area contributed by atoms with Crippen LogP contribution >= 0.6 is 0 Å². The fourth-order valence-electron chi connectivity index (χ4n) is 3.77. The number of halogens is 3. The molecule has 0 unspecified atom stereocenters. The summed E-state index contributed by atoms with van der Waals surface area (Å²) in [6.45, 7) is 1.46. The minimum absolute atomic E-state index is 0.135. The summed E-state index contributed by atoms with van der Waals surface area (Å²) in [5.41, 5.74) is 3.67. The van der Waals surface area contributed by atoms with Gasteiger partial charge in [0.05, 0.1) is 12.6 Å². The molecule has 9 heteroatoms. The van der Waals surface area contributed by atoms with Crippen molar-refractivity contribution in [1.82, 2.24) is 20.5 Å². The van der Waals surface area contributed by atoms with E-state index in [1.807, 2.05) is 12.1 Å². The predicted molar refractivity (Wildman–Crippen MR) is 115 cm³/mol. The van der Waals surface area contributed by atoms with Gasteiger partial charge in [-0.15, -0.1) is 0 Å². The van der Waals surface area contributed by atoms with Crippen LogP contribution in [0.15, 0.2) is 42.6 Å². The Balaban J connectivity index is 1.39. The summed E-state index contributed by atoms with van der Waals surface area (Å²) in [7, 11) is 0. The second-order valence-corrected chi connectivity index (χ2v) is 8.05. The third-order valence-corrected chi connectivity index (χ3v) is 5.37. The van der Waals surface area contributed by atoms with Crippen molar-refractivity contribution in [1.29, 1.82) is 0 Å². The minimum atomic E-state index is -4.22. The van der Waals surface area contributed by atoms with Crippen LogP contribution < -0.4 is 10.6 Å². The first kappa shape index (κ1) is 24.2. The molecule has 0 radical (unpaired) electrons. The van der Waals surface area contributed by atoms with Crippen molar-refractivity contribution in [2.45, 2.75) is 38.1 Å². The van der Waals surface area contributed by atoms with E-state index in [1.165, 1.54) is 17.3 Å². The number of hydrogen-bond donors (Lipinski definition) is 3. The van der Waals surface area contributed by atoms with Gasteiger partial charge in [-0.25, -0.2) is 0 Å². The van der Waals surface area contributed by atoms with E-state index >= 15 is 0 Å². The van der Waals surface area contributed by atoms with Crippen LogP contribution in [0, 0.1) is 0 Å². The molecule has 0 saturated carbocycles. The number of fused-ring (bicyclic) bond motifs is 1. The van der Waals surface area contributed by atoms with Crippen LogP contribution in [0.2, 0.25) is 0 Å². The molecule has 3 N–H and O–H groups in total. The van der Waals surface area contributed by atoms with Gasteiger partial charge < -0.3 is 15.7 Å². The van der Waals surface area contributed by atoms with Crippen molar-refractivity contribution in [3.8, 4) is 0 Å². The normalized spacial score (nSPS) is 15.2. The zero-order chi connectivity index (χ0) is 23.0. The van der Waals surface area contributed by atoms with Gasteiger partial charge in [-0.05, 0) is 49.1 Å². The molecule has 6 nitrogen and oxygen atoms in total. The van der Waals surface area contributed by atoms with E-state index in [-0.39, 0.29) is 19.0 Å². The molecule has 1 aromatic carbocycles. The molecular weight excluding hydrogens is 421 g/mol. The summed E-state index contributed by atoms with van der Waals surface area (Å²) in [5.74, 6) is -0.313. The zero-order valence-corrected chi connectivity index (χ0v) is 17.9. The Bertz CT molecular complexity index is 892. The van der Waals surface area contributed by atoms with Gasteiger partial charge in [-0.2, -0.15) is 13.2 Å². The number of aromatic nitrogens is 1. The van der Waals surface area contributed by atoms with E-state index < -0.39 is 18.8 Å². The van der Waals surface area contributed by atoms with Crippen LogP contribution in [0.25, 0.3) is 0 Å². The van der Waals surface area contributed by atoms with Crippen LogP contribution in [0.4, 0.5) is 13.2 Å². The van der Waals surface area contributed by atoms with Gasteiger partial charge in [0.25, 0.3) is 5.91 Å². The number of nitrogens with zero attached hydrogens (tertiary/aromatic N) is 2. The average Bonchev–Trinajstić information content (AvgIpc) is 2.76. The van der Waals surface area contributed by atoms with Crippen LogP contribution in [-0.2, 0) is 19.4 Å². The smallest absolute Gasteiger partial charge is 0.390 e. The number of carbonyl (C=O) groups excluding carboxylic acids is 1. The van der Waals surface area contributed by atoms with E-state index in [2.05, 4.69) is 32.7 Å². The van der Waals surface area contributed by atoms with Crippen LogP contribution in [0.5, 0.6) is 0 Å². The Labute approximate surface area is 185 Å². The predicted octanol–water partition coefficient (Wildman–Crippen LogP) is 2.32. The topological polar surface area (TPSA) is 77.5 Å². The first-order chi connectivity index (χ1) is 15.3. The molecule has 174 valence electrons. The number of pyridine rings is 1. The highest BCUT2D eigenvalue weighted by molar-refractivity contribution is 5.94. The molecule has 1 atom stereocenters. The van der Waals surface area contributed by atoms with E-state index in [1.54, 1.807) is 12.1 Å². The molecular formula is C23H29F3N4O2. The highest BCUT2D eigenvalue weighted by Crippen LogP contribution is 2.18. The highest BCUT2D eigenvalue weighted by Gasteiger charge is 2.25. The molecule has 0 bridgehead atoms. The number of benzene rings is 1. The molecule has 0 aliphatic carbocycles. The Kier molecular flexibility index (Phi) is 8.60. The number of β-amino-alcohol motifs (C(OH)–C–C–N with tert-alkyl or cyclic N) is 1. The maximum atomic E-state index is 12.4. The lowest BCUT2D eigenvalue weighted by Crippen LogP contribution is -2.42. The largest absolute Gasteiger partial charge is 0.401 e. The van der Waals surface area contributed by atoms with Crippen LogP contribution in [0.3, 0.4) is 0 Å². The number of hydrogen-bond acceptors (Lipinski definition) is 5. The maximum Gasteiger partial charge on any atom is 0.401 e. The summed E-state index contributed by atoms with van der Waals surface area (Å²) in [5, 5.41) is 15.5. The molecule has 1 amide bonds. The van der Waals surface area contributed by atoms with Gasteiger partial charge in [0.1, 0.15) is 0 Å². The van der Waals surface area contributed by atoms with Crippen LogP contribution in [-0.4, -0.2) is 65.9 Å². The van der Waals surface area contributed by atoms with Crippen molar-refractivity contribution in [3.63, 3.8) is 0 Å². The van der Waals surface area contributed by atoms with Gasteiger partial charge in [-0.1, -0.05) is 24.3 Å². The first-order valence-corrected chi connectivity index (χ1v) is 10.8. The second kappa shape index (κ2) is 11.4. The summed E-state index contributed by atoms with van der Waals surface area (Å²) < 4.78 is 36.4. The SMILES string of the molecule is O=C(NC[C@H](O)CN1CCc2ccccc2C1)c1ccnc(CCCNCC(F)(F)F)c1. The Morgan fingerprint density at radius 3 is 2.78 bits per heavy atom. The quantitative estimate of drug-likeness (QED) is 0.485. The van der Waals surface area contributed by atoms with Crippen molar-refractivity contribution < 1.29 is 23.1 Å². The van der Waals surface area contributed by atoms with Gasteiger partial charge in [0.2, 0.25) is 0 Å². The van der Waals surface area contributed by atoms with Gasteiger partial charge >= 0.3 is 6.18 Å². The number of nitrogens with one attached hydrogen (secondary N) is 2. The monoisotopic (exact) mass is 450 g/mol. The summed E-state index contributed by atoms with van der Waals surface area (Å²) in [6, 6.07) is 11.5. The fourth-order valence-corrected chi connectivity index (χ4v) is 3.77. The van der Waals surface area contributed by atoms with Crippen molar-refractivity contribution >= 4 is 5.91 Å². The average molecular weight is 451 g/mol. The molecule has 1 aliphatic rings. The molecule has 2 aromatic rings. The number of aryl methyl sites for hydroxylation is 1. The van der Waals surface area contributed by atoms with Gasteiger partial charge in [0.15, 0.2) is 0 Å².